The van der Waals surface area contributed by atoms with Crippen LogP contribution >= 0.6 is 11.6 Å². The zero-order chi connectivity index (χ0) is 17.6. The highest BCUT2D eigenvalue weighted by molar-refractivity contribution is 6.30. The van der Waals surface area contributed by atoms with Gasteiger partial charge in [-0.15, -0.1) is 0 Å². The van der Waals surface area contributed by atoms with Crippen molar-refractivity contribution in [2.24, 2.45) is 0 Å². The van der Waals surface area contributed by atoms with E-state index in [4.69, 9.17) is 11.6 Å². The van der Waals surface area contributed by atoms with Crippen LogP contribution in [-0.2, 0) is 16.1 Å². The van der Waals surface area contributed by atoms with Crippen LogP contribution in [0.1, 0.15) is 37.7 Å². The normalized spacial score (nSPS) is 19.4. The third-order valence-electron chi connectivity index (χ3n) is 5.14. The predicted molar refractivity (Wildman–Crippen MR) is 98.3 cm³/mol. The van der Waals surface area contributed by atoms with E-state index in [0.717, 1.165) is 31.5 Å². The summed E-state index contributed by atoms with van der Waals surface area (Å²) in [7, 11) is 0. The van der Waals surface area contributed by atoms with E-state index in [-0.39, 0.29) is 11.8 Å². The Morgan fingerprint density at radius 3 is 2.76 bits per heavy atom. The molecule has 0 bridgehead atoms. The van der Waals surface area contributed by atoms with Crippen LogP contribution < -0.4 is 5.32 Å². The zero-order valence-corrected chi connectivity index (χ0v) is 15.3. The quantitative estimate of drug-likeness (QED) is 0.844. The van der Waals surface area contributed by atoms with Crippen LogP contribution in [0.4, 0.5) is 0 Å². The molecule has 0 radical (unpaired) electrons. The first-order valence-electron chi connectivity index (χ1n) is 9.15. The fourth-order valence-electron chi connectivity index (χ4n) is 3.72. The second-order valence-corrected chi connectivity index (χ2v) is 7.39. The highest BCUT2D eigenvalue weighted by atomic mass is 35.5. The maximum atomic E-state index is 12.4. The average Bonchev–Trinajstić information content (AvgIpc) is 3.12. The Labute approximate surface area is 154 Å². The molecular weight excluding hydrogens is 338 g/mol. The second kappa shape index (κ2) is 8.68. The Morgan fingerprint density at radius 1 is 1.24 bits per heavy atom. The number of hydrogen-bond acceptors (Lipinski definition) is 3. The number of nitrogens with zero attached hydrogens (tertiary/aromatic N) is 2. The zero-order valence-electron chi connectivity index (χ0n) is 14.5. The largest absolute Gasteiger partial charge is 0.352 e. The molecule has 136 valence electrons. The topological polar surface area (TPSA) is 52.7 Å². The van der Waals surface area contributed by atoms with Crippen LogP contribution in [0.3, 0.4) is 0 Å². The van der Waals surface area contributed by atoms with Crippen molar-refractivity contribution in [3.8, 4) is 0 Å². The lowest BCUT2D eigenvalue weighted by Gasteiger charge is -2.37. The second-order valence-electron chi connectivity index (χ2n) is 6.96. The van der Waals surface area contributed by atoms with Gasteiger partial charge < -0.3 is 10.2 Å². The number of rotatable bonds is 6. The summed E-state index contributed by atoms with van der Waals surface area (Å²) in [6.45, 7) is 3.22. The van der Waals surface area contributed by atoms with E-state index >= 15 is 0 Å². The Kier molecular flexibility index (Phi) is 6.32. The summed E-state index contributed by atoms with van der Waals surface area (Å²) < 4.78 is 0. The number of piperazine rings is 1. The van der Waals surface area contributed by atoms with Crippen molar-refractivity contribution in [2.45, 2.75) is 44.7 Å². The molecule has 1 saturated heterocycles. The molecule has 1 aliphatic heterocycles. The summed E-state index contributed by atoms with van der Waals surface area (Å²) in [4.78, 5) is 28.5. The van der Waals surface area contributed by atoms with Crippen LogP contribution in [-0.4, -0.2) is 53.8 Å². The number of carbonyl (C=O) groups excluding carboxylic acids is 2. The monoisotopic (exact) mass is 363 g/mol. The molecule has 2 aliphatic rings. The van der Waals surface area contributed by atoms with Crippen molar-refractivity contribution in [1.29, 1.82) is 0 Å². The molecule has 1 aromatic carbocycles. The van der Waals surface area contributed by atoms with Crippen LogP contribution in [0, 0.1) is 0 Å². The third-order valence-corrected chi connectivity index (χ3v) is 5.37. The van der Waals surface area contributed by atoms with Crippen LogP contribution in [0.5, 0.6) is 0 Å². The molecule has 6 heteroatoms. The van der Waals surface area contributed by atoms with E-state index in [2.05, 4.69) is 15.1 Å². The molecule has 1 saturated carbocycles. The first-order chi connectivity index (χ1) is 12.1. The summed E-state index contributed by atoms with van der Waals surface area (Å²) in [5.74, 6) is 0.225. The molecule has 1 aromatic rings. The fourth-order valence-corrected chi connectivity index (χ4v) is 3.94. The lowest BCUT2D eigenvalue weighted by molar-refractivity contribution is -0.139. The van der Waals surface area contributed by atoms with Gasteiger partial charge in [-0.2, -0.15) is 0 Å². The molecule has 0 unspecified atom stereocenters. The first kappa shape index (κ1) is 18.2. The van der Waals surface area contributed by atoms with Crippen LogP contribution in [0.2, 0.25) is 5.02 Å². The van der Waals surface area contributed by atoms with Gasteiger partial charge in [0, 0.05) is 43.7 Å². The van der Waals surface area contributed by atoms with E-state index in [9.17, 15) is 9.59 Å². The van der Waals surface area contributed by atoms with Gasteiger partial charge in [0.05, 0.1) is 6.54 Å². The Hall–Kier alpha value is -1.59. The molecule has 2 fully saturated rings. The van der Waals surface area contributed by atoms with Crippen molar-refractivity contribution < 1.29 is 9.59 Å². The van der Waals surface area contributed by atoms with E-state index in [0.29, 0.717) is 37.1 Å². The molecule has 0 aromatic heterocycles. The van der Waals surface area contributed by atoms with Gasteiger partial charge in [-0.1, -0.05) is 36.6 Å². The fraction of sp³-hybridized carbons (Fsp3) is 0.579. The summed E-state index contributed by atoms with van der Waals surface area (Å²) >= 11 is 5.94. The molecule has 1 heterocycles. The number of carbonyl (C=O) groups is 2. The Balaban J connectivity index is 1.37. The molecule has 0 atom stereocenters. The van der Waals surface area contributed by atoms with E-state index in [1.54, 1.807) is 0 Å². The van der Waals surface area contributed by atoms with Gasteiger partial charge in [0.25, 0.3) is 0 Å². The molecule has 1 N–H and O–H groups in total. The summed E-state index contributed by atoms with van der Waals surface area (Å²) in [6.07, 6.45) is 5.20. The third kappa shape index (κ3) is 5.19. The Morgan fingerprint density at radius 2 is 2.04 bits per heavy atom. The number of benzene rings is 1. The number of nitrogens with one attached hydrogen (secondary N) is 1. The molecule has 25 heavy (non-hydrogen) atoms. The molecule has 1 aliphatic carbocycles. The maximum absolute atomic E-state index is 12.4. The minimum Gasteiger partial charge on any atom is -0.352 e. The molecule has 3 rings (SSSR count). The minimum atomic E-state index is 0.00523. The van der Waals surface area contributed by atoms with E-state index in [1.807, 2.05) is 24.3 Å². The summed E-state index contributed by atoms with van der Waals surface area (Å²) in [6, 6.07) is 7.93. The van der Waals surface area contributed by atoms with Crippen LogP contribution in [0.15, 0.2) is 24.3 Å². The highest BCUT2D eigenvalue weighted by Gasteiger charge is 2.31. The van der Waals surface area contributed by atoms with Gasteiger partial charge in [0.2, 0.25) is 11.8 Å². The van der Waals surface area contributed by atoms with Crippen molar-refractivity contribution in [3.05, 3.63) is 34.9 Å². The average molecular weight is 364 g/mol. The molecule has 5 nitrogen and oxygen atoms in total. The SMILES string of the molecule is O=C(CCN1CCN(C2CCCC2)C(=O)C1)NCc1cccc(Cl)c1. The van der Waals surface area contributed by atoms with Gasteiger partial charge in [-0.3, -0.25) is 14.5 Å². The number of amides is 2. The lowest BCUT2D eigenvalue weighted by atomic mass is 10.1. The molecule has 0 spiro atoms. The van der Waals surface area contributed by atoms with Gasteiger partial charge >= 0.3 is 0 Å². The summed E-state index contributed by atoms with van der Waals surface area (Å²) in [5.41, 5.74) is 0.987. The van der Waals surface area contributed by atoms with E-state index in [1.165, 1.54) is 12.8 Å². The van der Waals surface area contributed by atoms with E-state index < -0.39 is 0 Å². The summed E-state index contributed by atoms with van der Waals surface area (Å²) in [5, 5.41) is 3.58. The van der Waals surface area contributed by atoms with Crippen molar-refractivity contribution in [1.82, 2.24) is 15.1 Å². The lowest BCUT2D eigenvalue weighted by Crippen LogP contribution is -2.53. The standard InChI is InChI=1S/C19H26ClN3O2/c20-16-5-3-4-15(12-16)13-21-18(24)8-9-22-10-11-23(19(25)14-22)17-6-1-2-7-17/h3-5,12,17H,1-2,6-11,13-14H2,(H,21,24). The minimum absolute atomic E-state index is 0.00523. The van der Waals surface area contributed by atoms with Crippen molar-refractivity contribution in [3.63, 3.8) is 0 Å². The molecular formula is C19H26ClN3O2. The van der Waals surface area contributed by atoms with Gasteiger partial charge in [0.15, 0.2) is 0 Å². The van der Waals surface area contributed by atoms with Crippen molar-refractivity contribution >= 4 is 23.4 Å². The number of halogens is 1. The highest BCUT2D eigenvalue weighted by Crippen LogP contribution is 2.24. The number of hydrogen-bond donors (Lipinski definition) is 1. The first-order valence-corrected chi connectivity index (χ1v) is 9.52. The smallest absolute Gasteiger partial charge is 0.237 e. The Bertz CT molecular complexity index is 616. The van der Waals surface area contributed by atoms with Gasteiger partial charge in [0.1, 0.15) is 0 Å². The molecule has 2 amide bonds. The van der Waals surface area contributed by atoms with Gasteiger partial charge in [-0.25, -0.2) is 0 Å². The maximum Gasteiger partial charge on any atom is 0.237 e. The predicted octanol–water partition coefficient (Wildman–Crippen LogP) is 2.43. The van der Waals surface area contributed by atoms with Gasteiger partial charge in [-0.05, 0) is 30.5 Å². The van der Waals surface area contributed by atoms with Crippen LogP contribution in [0.25, 0.3) is 0 Å². The van der Waals surface area contributed by atoms with Crippen molar-refractivity contribution in [2.75, 3.05) is 26.2 Å².